The van der Waals surface area contributed by atoms with Crippen LogP contribution in [0.1, 0.15) is 17.0 Å². The van der Waals surface area contributed by atoms with Gasteiger partial charge in [-0.2, -0.15) is 0 Å². The smallest absolute Gasteiger partial charge is 0.210 e. The zero-order chi connectivity index (χ0) is 18.8. The van der Waals surface area contributed by atoms with Crippen LogP contribution in [0.4, 0.5) is 0 Å². The zero-order valence-electron chi connectivity index (χ0n) is 14.3. The molecule has 4 nitrogen and oxygen atoms in total. The largest absolute Gasteiger partial charge is 0.336 e. The Morgan fingerprint density at radius 2 is 1.74 bits per heavy atom. The Bertz CT molecular complexity index is 1110. The Morgan fingerprint density at radius 3 is 2.59 bits per heavy atom. The van der Waals surface area contributed by atoms with Crippen LogP contribution in [0.25, 0.3) is 10.8 Å². The highest BCUT2D eigenvalue weighted by molar-refractivity contribution is 7.98. The summed E-state index contributed by atoms with van der Waals surface area (Å²) in [6, 6.07) is 20.0. The number of fused-ring (bicyclic) bond motifs is 1. The molecule has 0 atom stereocenters. The van der Waals surface area contributed by atoms with Gasteiger partial charge in [-0.05, 0) is 34.0 Å². The fourth-order valence-electron chi connectivity index (χ4n) is 2.92. The molecular weight excluding hydrogens is 399 g/mol. The first-order chi connectivity index (χ1) is 13.1. The number of nitrogens with two attached hydrogens (primary N) is 1. The second kappa shape index (κ2) is 7.80. The fourth-order valence-corrected chi connectivity index (χ4v) is 4.36. The molecule has 7 heteroatoms. The third-order valence-corrected chi connectivity index (χ3v) is 5.91. The molecule has 0 aliphatic rings. The number of benzene rings is 3. The molecule has 4 aromatic rings. The molecule has 0 aliphatic carbocycles. The molecule has 0 saturated carbocycles. The first-order valence-corrected chi connectivity index (χ1v) is 10.1. The van der Waals surface area contributed by atoms with Crippen LogP contribution in [0, 0.1) is 0 Å². The third kappa shape index (κ3) is 3.90. The third-order valence-electron chi connectivity index (χ3n) is 4.34. The van der Waals surface area contributed by atoms with E-state index >= 15 is 0 Å². The Hall–Kier alpha value is -2.21. The molecule has 0 aliphatic heterocycles. The lowest BCUT2D eigenvalue weighted by molar-refractivity contribution is 0.806. The van der Waals surface area contributed by atoms with Gasteiger partial charge in [0.1, 0.15) is 0 Å². The van der Waals surface area contributed by atoms with Crippen LogP contribution >= 0.6 is 35.0 Å². The van der Waals surface area contributed by atoms with Crippen molar-refractivity contribution >= 4 is 45.7 Å². The molecule has 0 radical (unpaired) electrons. The van der Waals surface area contributed by atoms with Gasteiger partial charge in [0.05, 0.1) is 0 Å². The van der Waals surface area contributed by atoms with Crippen LogP contribution < -0.4 is 5.84 Å². The molecule has 0 bridgehead atoms. The van der Waals surface area contributed by atoms with E-state index in [4.69, 9.17) is 29.0 Å². The molecule has 0 amide bonds. The lowest BCUT2D eigenvalue weighted by Gasteiger charge is -2.07. The van der Waals surface area contributed by atoms with Crippen molar-refractivity contribution in [3.05, 3.63) is 87.7 Å². The van der Waals surface area contributed by atoms with Crippen LogP contribution in [-0.4, -0.2) is 14.9 Å². The van der Waals surface area contributed by atoms with Crippen molar-refractivity contribution in [3.8, 4) is 0 Å². The molecule has 1 aromatic heterocycles. The van der Waals surface area contributed by atoms with E-state index in [-0.39, 0.29) is 0 Å². The SMILES string of the molecule is Nn1c(Cc2cccc3ccccc23)nnc1SCc1ccc(Cl)cc1Cl. The van der Waals surface area contributed by atoms with E-state index in [0.29, 0.717) is 27.4 Å². The maximum Gasteiger partial charge on any atom is 0.210 e. The lowest BCUT2D eigenvalue weighted by Crippen LogP contribution is -2.14. The minimum absolute atomic E-state index is 0.618. The molecule has 0 spiro atoms. The van der Waals surface area contributed by atoms with Crippen LogP contribution in [0.3, 0.4) is 0 Å². The number of nitrogens with zero attached hydrogens (tertiary/aromatic N) is 3. The van der Waals surface area contributed by atoms with Gasteiger partial charge in [0.15, 0.2) is 5.82 Å². The number of halogens is 2. The van der Waals surface area contributed by atoms with Crippen LogP contribution in [0.5, 0.6) is 0 Å². The predicted octanol–water partition coefficient (Wildman–Crippen LogP) is 5.34. The van der Waals surface area contributed by atoms with Gasteiger partial charge in [-0.1, -0.05) is 83.5 Å². The van der Waals surface area contributed by atoms with Gasteiger partial charge in [0.25, 0.3) is 0 Å². The molecule has 4 rings (SSSR count). The zero-order valence-corrected chi connectivity index (χ0v) is 16.6. The van der Waals surface area contributed by atoms with Gasteiger partial charge >= 0.3 is 0 Å². The van der Waals surface area contributed by atoms with Gasteiger partial charge in [-0.15, -0.1) is 10.2 Å². The maximum atomic E-state index is 6.24. The molecule has 27 heavy (non-hydrogen) atoms. The Morgan fingerprint density at radius 1 is 0.926 bits per heavy atom. The molecule has 2 N–H and O–H groups in total. The molecule has 0 fully saturated rings. The van der Waals surface area contributed by atoms with Gasteiger partial charge in [0, 0.05) is 22.2 Å². The summed E-state index contributed by atoms with van der Waals surface area (Å²) in [4.78, 5) is 0. The highest BCUT2D eigenvalue weighted by atomic mass is 35.5. The lowest BCUT2D eigenvalue weighted by atomic mass is 10.0. The predicted molar refractivity (Wildman–Crippen MR) is 113 cm³/mol. The summed E-state index contributed by atoms with van der Waals surface area (Å²) in [5.74, 6) is 7.60. The van der Waals surface area contributed by atoms with E-state index in [9.17, 15) is 0 Å². The molecule has 0 saturated heterocycles. The quantitative estimate of drug-likeness (QED) is 0.353. The van der Waals surface area contributed by atoms with E-state index < -0.39 is 0 Å². The van der Waals surface area contributed by atoms with Gasteiger partial charge in [0.2, 0.25) is 5.16 Å². The summed E-state index contributed by atoms with van der Waals surface area (Å²) in [5, 5.41) is 12.8. The number of aromatic nitrogens is 3. The van der Waals surface area contributed by atoms with Crippen molar-refractivity contribution in [3.63, 3.8) is 0 Å². The first kappa shape index (κ1) is 18.2. The minimum atomic E-state index is 0.618. The summed E-state index contributed by atoms with van der Waals surface area (Å²) in [6.07, 6.45) is 0.618. The number of hydrogen-bond donors (Lipinski definition) is 1. The topological polar surface area (TPSA) is 56.7 Å². The number of nitrogen functional groups attached to an aromatic ring is 1. The number of thioether (sulfide) groups is 1. The van der Waals surface area contributed by atoms with Crippen LogP contribution in [0.15, 0.2) is 65.8 Å². The Kier molecular flexibility index (Phi) is 5.25. The van der Waals surface area contributed by atoms with Gasteiger partial charge in [-0.3, -0.25) is 0 Å². The second-order valence-electron chi connectivity index (χ2n) is 6.11. The van der Waals surface area contributed by atoms with E-state index in [1.165, 1.54) is 28.1 Å². The standard InChI is InChI=1S/C20H16Cl2N4S/c21-16-9-8-15(18(22)11-16)12-27-20-25-24-19(26(20)23)10-14-6-3-5-13-4-1-2-7-17(13)14/h1-9,11H,10,12,23H2. The van der Waals surface area contributed by atoms with E-state index in [2.05, 4.69) is 34.5 Å². The molecule has 136 valence electrons. The monoisotopic (exact) mass is 414 g/mol. The van der Waals surface area contributed by atoms with Crippen LogP contribution in [-0.2, 0) is 12.2 Å². The minimum Gasteiger partial charge on any atom is -0.336 e. The summed E-state index contributed by atoms with van der Waals surface area (Å²) >= 11 is 13.7. The summed E-state index contributed by atoms with van der Waals surface area (Å²) in [5.41, 5.74) is 2.15. The normalized spacial score (nSPS) is 11.2. The molecule has 0 unspecified atom stereocenters. The average molecular weight is 415 g/mol. The first-order valence-electron chi connectivity index (χ1n) is 8.34. The number of rotatable bonds is 5. The molecule has 1 heterocycles. The molecular formula is C20H16Cl2N4S. The summed E-state index contributed by atoms with van der Waals surface area (Å²) < 4.78 is 1.55. The highest BCUT2D eigenvalue weighted by Gasteiger charge is 2.13. The van der Waals surface area contributed by atoms with Gasteiger partial charge in [-0.25, -0.2) is 4.68 Å². The van der Waals surface area contributed by atoms with Crippen LogP contribution in [0.2, 0.25) is 10.0 Å². The van der Waals surface area contributed by atoms with Crippen molar-refractivity contribution in [2.24, 2.45) is 0 Å². The number of hydrogen-bond acceptors (Lipinski definition) is 4. The second-order valence-corrected chi connectivity index (χ2v) is 7.89. The Balaban J connectivity index is 1.53. The highest BCUT2D eigenvalue weighted by Crippen LogP contribution is 2.28. The van der Waals surface area contributed by atoms with Gasteiger partial charge < -0.3 is 5.84 Å². The van der Waals surface area contributed by atoms with Crippen molar-refractivity contribution in [1.29, 1.82) is 0 Å². The molecule has 3 aromatic carbocycles. The van der Waals surface area contributed by atoms with Crippen molar-refractivity contribution in [1.82, 2.24) is 14.9 Å². The van der Waals surface area contributed by atoms with Crippen molar-refractivity contribution in [2.45, 2.75) is 17.3 Å². The average Bonchev–Trinajstić information content (AvgIpc) is 3.01. The van der Waals surface area contributed by atoms with E-state index in [1.807, 2.05) is 30.3 Å². The van der Waals surface area contributed by atoms with E-state index in [1.54, 1.807) is 10.7 Å². The summed E-state index contributed by atoms with van der Waals surface area (Å²) in [7, 11) is 0. The van der Waals surface area contributed by atoms with E-state index in [0.717, 1.165) is 11.4 Å². The van der Waals surface area contributed by atoms with Crippen molar-refractivity contribution < 1.29 is 0 Å². The maximum absolute atomic E-state index is 6.24. The van der Waals surface area contributed by atoms with Crippen molar-refractivity contribution in [2.75, 3.05) is 5.84 Å². The fraction of sp³-hybridized carbons (Fsp3) is 0.100. The summed E-state index contributed by atoms with van der Waals surface area (Å²) in [6.45, 7) is 0. The Labute approximate surface area is 171 Å².